The van der Waals surface area contributed by atoms with Crippen LogP contribution in [0.15, 0.2) is 18.2 Å². The van der Waals surface area contributed by atoms with Crippen LogP contribution in [0, 0.1) is 0 Å². The van der Waals surface area contributed by atoms with Gasteiger partial charge in [0.2, 0.25) is 0 Å². The minimum Gasteiger partial charge on any atom is -0.399 e. The first-order valence-electron chi connectivity index (χ1n) is 6.86. The van der Waals surface area contributed by atoms with E-state index in [2.05, 4.69) is 5.32 Å². The van der Waals surface area contributed by atoms with Gasteiger partial charge in [0.15, 0.2) is 0 Å². The van der Waals surface area contributed by atoms with E-state index >= 15 is 0 Å². The van der Waals surface area contributed by atoms with Gasteiger partial charge in [-0.25, -0.2) is 8.42 Å². The number of anilines is 2. The second-order valence-corrected chi connectivity index (χ2v) is 7.87. The van der Waals surface area contributed by atoms with Crippen molar-refractivity contribution in [1.29, 1.82) is 0 Å². The predicted molar refractivity (Wildman–Crippen MR) is 84.3 cm³/mol. The Morgan fingerprint density at radius 1 is 1.29 bits per heavy atom. The fourth-order valence-corrected chi connectivity index (χ4v) is 3.91. The van der Waals surface area contributed by atoms with Crippen LogP contribution in [-0.4, -0.2) is 46.0 Å². The van der Waals surface area contributed by atoms with Crippen LogP contribution in [0.3, 0.4) is 0 Å². The summed E-state index contributed by atoms with van der Waals surface area (Å²) in [5.74, 6) is 0.0560. The zero-order chi connectivity index (χ0) is 15.6. The Hall–Kier alpha value is -1.76. The molecule has 0 atom stereocenters. The van der Waals surface area contributed by atoms with Crippen LogP contribution in [0.5, 0.6) is 0 Å². The lowest BCUT2D eigenvalue weighted by Crippen LogP contribution is -2.41. The third-order valence-electron chi connectivity index (χ3n) is 3.64. The summed E-state index contributed by atoms with van der Waals surface area (Å²) in [5.41, 5.74) is 7.57. The Kier molecular flexibility index (Phi) is 4.41. The summed E-state index contributed by atoms with van der Waals surface area (Å²) in [7, 11) is 0.789. The first kappa shape index (κ1) is 15.6. The molecule has 1 aliphatic heterocycles. The summed E-state index contributed by atoms with van der Waals surface area (Å²) in [6, 6.07) is 5.09. The number of carbonyl (C=O) groups excluding carboxylic acids is 1. The van der Waals surface area contributed by atoms with Gasteiger partial charge in [-0.05, 0) is 31.0 Å². The molecular weight excluding hydrogens is 290 g/mol. The van der Waals surface area contributed by atoms with E-state index < -0.39 is 9.84 Å². The van der Waals surface area contributed by atoms with Gasteiger partial charge in [0.05, 0.1) is 17.1 Å². The molecule has 0 aliphatic carbocycles. The third-order valence-corrected chi connectivity index (χ3v) is 5.35. The summed E-state index contributed by atoms with van der Waals surface area (Å²) < 4.78 is 22.8. The maximum atomic E-state index is 12.4. The van der Waals surface area contributed by atoms with Crippen molar-refractivity contribution in [3.8, 4) is 0 Å². The number of carbonyl (C=O) groups is 1. The topological polar surface area (TPSA) is 92.5 Å². The van der Waals surface area contributed by atoms with Gasteiger partial charge in [-0.1, -0.05) is 0 Å². The van der Waals surface area contributed by atoms with Gasteiger partial charge in [-0.2, -0.15) is 0 Å². The molecule has 116 valence electrons. The van der Waals surface area contributed by atoms with Gasteiger partial charge in [0.1, 0.15) is 9.84 Å². The van der Waals surface area contributed by atoms with E-state index in [1.807, 2.05) is 19.0 Å². The molecule has 0 radical (unpaired) electrons. The highest BCUT2D eigenvalue weighted by molar-refractivity contribution is 7.91. The first-order chi connectivity index (χ1) is 9.78. The molecule has 21 heavy (non-hydrogen) atoms. The lowest BCUT2D eigenvalue weighted by Gasteiger charge is -2.24. The SMILES string of the molecule is CN(C)c1ccc(N)cc1C(=O)NC1CCS(=O)(=O)CC1. The molecule has 1 aromatic carbocycles. The van der Waals surface area contributed by atoms with Crippen LogP contribution in [0.25, 0.3) is 0 Å². The molecule has 6 nitrogen and oxygen atoms in total. The van der Waals surface area contributed by atoms with Gasteiger partial charge in [0.25, 0.3) is 5.91 Å². The first-order valence-corrected chi connectivity index (χ1v) is 8.69. The van der Waals surface area contributed by atoms with Gasteiger partial charge in [0, 0.05) is 31.5 Å². The summed E-state index contributed by atoms with van der Waals surface area (Å²) in [4.78, 5) is 14.3. The number of rotatable bonds is 3. The van der Waals surface area contributed by atoms with Crippen LogP contribution in [-0.2, 0) is 9.84 Å². The molecule has 3 N–H and O–H groups in total. The summed E-state index contributed by atoms with van der Waals surface area (Å²) in [6.07, 6.45) is 0.932. The number of nitrogen functional groups attached to an aromatic ring is 1. The number of hydrogen-bond donors (Lipinski definition) is 2. The molecule has 1 heterocycles. The molecule has 0 unspecified atom stereocenters. The number of nitrogens with one attached hydrogen (secondary N) is 1. The largest absolute Gasteiger partial charge is 0.399 e. The van der Waals surface area contributed by atoms with Crippen molar-refractivity contribution < 1.29 is 13.2 Å². The molecular formula is C14H21N3O3S. The Morgan fingerprint density at radius 3 is 2.48 bits per heavy atom. The van der Waals surface area contributed by atoms with Crippen LogP contribution >= 0.6 is 0 Å². The maximum Gasteiger partial charge on any atom is 0.253 e. The number of sulfone groups is 1. The van der Waals surface area contributed by atoms with E-state index in [1.165, 1.54) is 0 Å². The standard InChI is InChI=1S/C14H21N3O3S/c1-17(2)13-4-3-10(15)9-12(13)14(18)16-11-5-7-21(19,20)8-6-11/h3-4,9,11H,5-8,15H2,1-2H3,(H,16,18). The summed E-state index contributed by atoms with van der Waals surface area (Å²) in [6.45, 7) is 0. The van der Waals surface area contributed by atoms with Gasteiger partial charge in [-0.15, -0.1) is 0 Å². The second kappa shape index (κ2) is 5.93. The Balaban J connectivity index is 2.12. The van der Waals surface area contributed by atoms with Crippen molar-refractivity contribution in [1.82, 2.24) is 5.32 Å². The smallest absolute Gasteiger partial charge is 0.253 e. The van der Waals surface area contributed by atoms with E-state index in [0.29, 0.717) is 24.1 Å². The van der Waals surface area contributed by atoms with E-state index in [0.717, 1.165) is 5.69 Å². The molecule has 1 fully saturated rings. The Labute approximate surface area is 125 Å². The summed E-state index contributed by atoms with van der Waals surface area (Å²) >= 11 is 0. The number of nitrogens with two attached hydrogens (primary N) is 1. The van der Waals surface area contributed by atoms with Crippen LogP contribution in [0.4, 0.5) is 11.4 Å². The molecule has 1 aliphatic rings. The lowest BCUT2D eigenvalue weighted by atomic mass is 10.1. The van der Waals surface area contributed by atoms with Crippen molar-refractivity contribution >= 4 is 27.1 Å². The van der Waals surface area contributed by atoms with Gasteiger partial charge < -0.3 is 16.0 Å². The third kappa shape index (κ3) is 3.87. The Morgan fingerprint density at radius 2 is 1.90 bits per heavy atom. The van der Waals surface area contributed by atoms with Crippen LogP contribution in [0.1, 0.15) is 23.2 Å². The molecule has 7 heteroatoms. The molecule has 2 rings (SSSR count). The minimum atomic E-state index is -2.92. The molecule has 1 saturated heterocycles. The zero-order valence-corrected chi connectivity index (χ0v) is 13.1. The number of nitrogens with zero attached hydrogens (tertiary/aromatic N) is 1. The van der Waals surface area contributed by atoms with Crippen molar-refractivity contribution in [3.05, 3.63) is 23.8 Å². The van der Waals surface area contributed by atoms with E-state index in [4.69, 9.17) is 5.73 Å². The number of amides is 1. The highest BCUT2D eigenvalue weighted by Gasteiger charge is 2.25. The van der Waals surface area contributed by atoms with Crippen molar-refractivity contribution in [2.75, 3.05) is 36.2 Å². The van der Waals surface area contributed by atoms with E-state index in [9.17, 15) is 13.2 Å². The quantitative estimate of drug-likeness (QED) is 0.799. The lowest BCUT2D eigenvalue weighted by molar-refractivity contribution is 0.0935. The van der Waals surface area contributed by atoms with Crippen molar-refractivity contribution in [2.45, 2.75) is 18.9 Å². The molecule has 0 spiro atoms. The molecule has 1 amide bonds. The fraction of sp³-hybridized carbons (Fsp3) is 0.500. The van der Waals surface area contributed by atoms with Gasteiger partial charge >= 0.3 is 0 Å². The Bertz CT molecular complexity index is 627. The number of hydrogen-bond acceptors (Lipinski definition) is 5. The highest BCUT2D eigenvalue weighted by Crippen LogP contribution is 2.22. The molecule has 0 bridgehead atoms. The van der Waals surface area contributed by atoms with E-state index in [1.54, 1.807) is 18.2 Å². The molecule has 1 aromatic rings. The van der Waals surface area contributed by atoms with E-state index in [-0.39, 0.29) is 23.5 Å². The van der Waals surface area contributed by atoms with Crippen LogP contribution in [0.2, 0.25) is 0 Å². The molecule has 0 saturated carbocycles. The van der Waals surface area contributed by atoms with Crippen LogP contribution < -0.4 is 16.0 Å². The molecule has 0 aromatic heterocycles. The normalized spacial score (nSPS) is 18.2. The monoisotopic (exact) mass is 311 g/mol. The summed E-state index contributed by atoms with van der Waals surface area (Å²) in [5, 5.41) is 2.91. The maximum absolute atomic E-state index is 12.4. The highest BCUT2D eigenvalue weighted by atomic mass is 32.2. The second-order valence-electron chi connectivity index (χ2n) is 5.57. The predicted octanol–water partition coefficient (Wildman–Crippen LogP) is 0.642. The van der Waals surface area contributed by atoms with Crippen molar-refractivity contribution in [2.24, 2.45) is 0 Å². The number of benzene rings is 1. The van der Waals surface area contributed by atoms with Gasteiger partial charge in [-0.3, -0.25) is 4.79 Å². The average molecular weight is 311 g/mol. The fourth-order valence-electron chi connectivity index (χ4n) is 2.42. The minimum absolute atomic E-state index is 0.0996. The zero-order valence-electron chi connectivity index (χ0n) is 12.3. The van der Waals surface area contributed by atoms with Crippen molar-refractivity contribution in [3.63, 3.8) is 0 Å². The average Bonchev–Trinajstić information content (AvgIpc) is 2.40.